The van der Waals surface area contributed by atoms with Crippen molar-refractivity contribution in [3.05, 3.63) is 64.2 Å². The lowest BCUT2D eigenvalue weighted by Crippen LogP contribution is -2.53. The van der Waals surface area contributed by atoms with Crippen molar-refractivity contribution >= 4 is 29.5 Å². The van der Waals surface area contributed by atoms with Crippen LogP contribution in [0.2, 0.25) is 0 Å². The van der Waals surface area contributed by atoms with E-state index in [0.29, 0.717) is 17.7 Å². The van der Waals surface area contributed by atoms with E-state index in [1.807, 2.05) is 64.1 Å². The van der Waals surface area contributed by atoms with E-state index in [1.54, 1.807) is 20.8 Å². The summed E-state index contributed by atoms with van der Waals surface area (Å²) in [4.78, 5) is 54.8. The first-order chi connectivity index (χ1) is 19.6. The number of alkyl carbamates (subject to hydrolysis) is 1. The van der Waals surface area contributed by atoms with Gasteiger partial charge in [0.2, 0.25) is 11.8 Å². The zero-order chi connectivity index (χ0) is 31.6. The highest BCUT2D eigenvalue weighted by atomic mass is 16.6. The molecule has 230 valence electrons. The summed E-state index contributed by atoms with van der Waals surface area (Å²) in [6.45, 7) is 15.1. The van der Waals surface area contributed by atoms with Gasteiger partial charge in [-0.25, -0.2) is 4.79 Å². The first-order valence-electron chi connectivity index (χ1n) is 14.7. The number of ether oxygens (including phenoxy) is 1. The number of aryl methyl sites for hydroxylation is 4. The Morgan fingerprint density at radius 2 is 1.57 bits per heavy atom. The molecule has 0 saturated carbocycles. The van der Waals surface area contributed by atoms with E-state index in [1.165, 1.54) is 4.90 Å². The monoisotopic (exact) mass is 580 g/mol. The van der Waals surface area contributed by atoms with Gasteiger partial charge in [0.05, 0.1) is 6.42 Å². The van der Waals surface area contributed by atoms with Crippen molar-refractivity contribution in [2.45, 2.75) is 105 Å². The standard InChI is InChI=1S/C33H48N4O5/c1-9-10-11-12-18-37(31(40)26(20-27(34)38)35-32(41)42-33(6,7)8)29(25-17-16-21(2)19-24(25)5)30(39)36-28-22(3)14-13-15-23(28)4/h13-17,19,26,29H,9-12,18,20H2,1-8H3,(H2,34,38)(H,35,41)(H,36,39). The third-order valence-electron chi connectivity index (χ3n) is 6.94. The highest BCUT2D eigenvalue weighted by Gasteiger charge is 2.37. The van der Waals surface area contributed by atoms with Crippen molar-refractivity contribution in [3.8, 4) is 0 Å². The van der Waals surface area contributed by atoms with Crippen molar-refractivity contribution in [3.63, 3.8) is 0 Å². The minimum absolute atomic E-state index is 0.238. The molecule has 0 spiro atoms. The Morgan fingerprint density at radius 3 is 2.12 bits per heavy atom. The average Bonchev–Trinajstić information content (AvgIpc) is 2.86. The van der Waals surface area contributed by atoms with Gasteiger partial charge in [-0.2, -0.15) is 0 Å². The maximum absolute atomic E-state index is 14.3. The summed E-state index contributed by atoms with van der Waals surface area (Å²) in [5, 5.41) is 5.61. The third-order valence-corrected chi connectivity index (χ3v) is 6.94. The van der Waals surface area contributed by atoms with Crippen LogP contribution < -0.4 is 16.4 Å². The van der Waals surface area contributed by atoms with Crippen molar-refractivity contribution < 1.29 is 23.9 Å². The van der Waals surface area contributed by atoms with E-state index < -0.39 is 47.9 Å². The maximum atomic E-state index is 14.3. The first-order valence-corrected chi connectivity index (χ1v) is 14.7. The highest BCUT2D eigenvalue weighted by Crippen LogP contribution is 2.30. The summed E-state index contributed by atoms with van der Waals surface area (Å²) in [6.07, 6.45) is 2.14. The van der Waals surface area contributed by atoms with Crippen LogP contribution in [-0.4, -0.2) is 46.9 Å². The number of nitrogens with one attached hydrogen (secondary N) is 2. The van der Waals surface area contributed by atoms with Crippen molar-refractivity contribution in [2.75, 3.05) is 11.9 Å². The molecule has 0 heterocycles. The number of unbranched alkanes of at least 4 members (excludes halogenated alkanes) is 3. The van der Waals surface area contributed by atoms with Gasteiger partial charge in [-0.3, -0.25) is 14.4 Å². The molecule has 4 N–H and O–H groups in total. The van der Waals surface area contributed by atoms with Crippen molar-refractivity contribution in [1.29, 1.82) is 0 Å². The Morgan fingerprint density at radius 1 is 0.929 bits per heavy atom. The lowest BCUT2D eigenvalue weighted by Gasteiger charge is -2.35. The van der Waals surface area contributed by atoms with Crippen LogP contribution in [0.25, 0.3) is 0 Å². The molecule has 2 unspecified atom stereocenters. The number of para-hydroxylation sites is 1. The van der Waals surface area contributed by atoms with E-state index in [2.05, 4.69) is 17.6 Å². The van der Waals surface area contributed by atoms with Gasteiger partial charge in [-0.15, -0.1) is 0 Å². The second kappa shape index (κ2) is 15.4. The molecule has 2 rings (SSSR count). The average molecular weight is 581 g/mol. The molecule has 0 saturated heterocycles. The van der Waals surface area contributed by atoms with Gasteiger partial charge in [0.1, 0.15) is 17.7 Å². The largest absolute Gasteiger partial charge is 0.444 e. The summed E-state index contributed by atoms with van der Waals surface area (Å²) in [5.41, 5.74) is 9.67. The minimum Gasteiger partial charge on any atom is -0.444 e. The second-order valence-electron chi connectivity index (χ2n) is 12.0. The Hall–Kier alpha value is -3.88. The van der Waals surface area contributed by atoms with Crippen molar-refractivity contribution in [1.82, 2.24) is 10.2 Å². The van der Waals surface area contributed by atoms with E-state index in [-0.39, 0.29) is 6.54 Å². The predicted octanol–water partition coefficient (Wildman–Crippen LogP) is 5.78. The summed E-state index contributed by atoms with van der Waals surface area (Å²) in [6, 6.07) is 9.12. The topological polar surface area (TPSA) is 131 Å². The Labute approximate surface area is 250 Å². The molecule has 9 nitrogen and oxygen atoms in total. The molecule has 0 aliphatic heterocycles. The fourth-order valence-corrected chi connectivity index (χ4v) is 4.91. The fourth-order valence-electron chi connectivity index (χ4n) is 4.91. The van der Waals surface area contributed by atoms with Gasteiger partial charge in [0.15, 0.2) is 0 Å². The number of benzene rings is 2. The van der Waals surface area contributed by atoms with Crippen LogP contribution in [0, 0.1) is 27.7 Å². The normalized spacial score (nSPS) is 12.7. The molecule has 42 heavy (non-hydrogen) atoms. The number of primary amides is 1. The molecule has 0 fully saturated rings. The lowest BCUT2D eigenvalue weighted by molar-refractivity contribution is -0.142. The van der Waals surface area contributed by atoms with Crippen LogP contribution in [0.4, 0.5) is 10.5 Å². The van der Waals surface area contributed by atoms with Gasteiger partial charge in [0, 0.05) is 12.2 Å². The van der Waals surface area contributed by atoms with Gasteiger partial charge >= 0.3 is 6.09 Å². The molecule has 4 amide bonds. The van der Waals surface area contributed by atoms with Gasteiger partial charge in [-0.05, 0) is 77.1 Å². The van der Waals surface area contributed by atoms with E-state index in [4.69, 9.17) is 10.5 Å². The zero-order valence-corrected chi connectivity index (χ0v) is 26.4. The minimum atomic E-state index is -1.32. The van der Waals surface area contributed by atoms with E-state index >= 15 is 0 Å². The second-order valence-corrected chi connectivity index (χ2v) is 12.0. The molecule has 0 aliphatic rings. The van der Waals surface area contributed by atoms with Crippen LogP contribution in [0.15, 0.2) is 36.4 Å². The van der Waals surface area contributed by atoms with Crippen LogP contribution in [0.5, 0.6) is 0 Å². The quantitative estimate of drug-likeness (QED) is 0.259. The smallest absolute Gasteiger partial charge is 0.408 e. The van der Waals surface area contributed by atoms with Crippen molar-refractivity contribution in [2.24, 2.45) is 5.73 Å². The molecule has 2 aromatic carbocycles. The summed E-state index contributed by atoms with van der Waals surface area (Å²) >= 11 is 0. The molecular formula is C33H48N4O5. The molecular weight excluding hydrogens is 532 g/mol. The van der Waals surface area contributed by atoms with Gasteiger partial charge in [0.25, 0.3) is 5.91 Å². The fraction of sp³-hybridized carbons (Fsp3) is 0.515. The molecule has 0 aromatic heterocycles. The number of nitrogens with two attached hydrogens (primary N) is 1. The number of amides is 4. The number of carbonyl (C=O) groups is 4. The van der Waals surface area contributed by atoms with Gasteiger partial charge in [-0.1, -0.05) is 68.1 Å². The molecule has 0 aliphatic carbocycles. The maximum Gasteiger partial charge on any atom is 0.408 e. The lowest BCUT2D eigenvalue weighted by atomic mass is 9.95. The Kier molecular flexibility index (Phi) is 12.6. The predicted molar refractivity (Wildman–Crippen MR) is 166 cm³/mol. The molecule has 0 bridgehead atoms. The summed E-state index contributed by atoms with van der Waals surface area (Å²) in [5.74, 6) is -1.74. The van der Waals surface area contributed by atoms with Crippen LogP contribution >= 0.6 is 0 Å². The Bertz CT molecular complexity index is 1250. The zero-order valence-electron chi connectivity index (χ0n) is 26.4. The number of anilines is 1. The van der Waals surface area contributed by atoms with E-state index in [9.17, 15) is 19.2 Å². The first kappa shape index (κ1) is 34.3. The van der Waals surface area contributed by atoms with Crippen LogP contribution in [0.1, 0.15) is 93.7 Å². The van der Waals surface area contributed by atoms with Crippen LogP contribution in [0.3, 0.4) is 0 Å². The van der Waals surface area contributed by atoms with Gasteiger partial charge < -0.3 is 26.0 Å². The van der Waals surface area contributed by atoms with Crippen LogP contribution in [-0.2, 0) is 19.1 Å². The number of carbonyl (C=O) groups excluding carboxylic acids is 4. The number of nitrogens with zero attached hydrogens (tertiary/aromatic N) is 1. The third kappa shape index (κ3) is 10.2. The Balaban J connectivity index is 2.64. The molecule has 2 aromatic rings. The molecule has 9 heteroatoms. The summed E-state index contributed by atoms with van der Waals surface area (Å²) in [7, 11) is 0. The summed E-state index contributed by atoms with van der Waals surface area (Å²) < 4.78 is 5.37. The molecule has 0 radical (unpaired) electrons. The number of rotatable bonds is 13. The number of hydrogen-bond donors (Lipinski definition) is 3. The molecule has 2 atom stereocenters. The SMILES string of the molecule is CCCCCCN(C(=O)C(CC(N)=O)NC(=O)OC(C)(C)C)C(C(=O)Nc1c(C)cccc1C)c1ccc(C)cc1C. The highest BCUT2D eigenvalue weighted by molar-refractivity contribution is 6.00. The number of hydrogen-bond acceptors (Lipinski definition) is 5. The van der Waals surface area contributed by atoms with E-state index in [0.717, 1.165) is 41.5 Å².